The van der Waals surface area contributed by atoms with E-state index in [1.54, 1.807) is 18.3 Å². The standard InChI is InChI=1S/C23H25Cl2N5OS2/c1-2-10-30-21(15-6-4-3-5-7-15)28-29-23(30)32-14-20(31)27-22-26-13-18(33-22)12-16-11-17(24)8-9-19(16)25/h2,8-9,11,13,15H,1,3-7,10,12,14H2,(H,26,27,31). The van der Waals surface area contributed by atoms with Gasteiger partial charge in [0.2, 0.25) is 5.91 Å². The fraction of sp³-hybridized carbons (Fsp3) is 0.391. The molecule has 10 heteroatoms. The number of halogens is 2. The molecule has 1 fully saturated rings. The average molecular weight is 523 g/mol. The molecule has 0 atom stereocenters. The van der Waals surface area contributed by atoms with E-state index in [4.69, 9.17) is 23.2 Å². The van der Waals surface area contributed by atoms with E-state index in [0.29, 0.717) is 34.1 Å². The van der Waals surface area contributed by atoms with Crippen molar-refractivity contribution in [1.82, 2.24) is 19.7 Å². The van der Waals surface area contributed by atoms with E-state index >= 15 is 0 Å². The first-order valence-electron chi connectivity index (χ1n) is 10.9. The number of amides is 1. The molecular formula is C23H25Cl2N5OS2. The Morgan fingerprint density at radius 2 is 2.09 bits per heavy atom. The van der Waals surface area contributed by atoms with Gasteiger partial charge >= 0.3 is 0 Å². The first-order chi connectivity index (χ1) is 16.0. The number of nitrogens with zero attached hydrogens (tertiary/aromatic N) is 4. The van der Waals surface area contributed by atoms with E-state index < -0.39 is 0 Å². The number of nitrogens with one attached hydrogen (secondary N) is 1. The molecule has 1 aliphatic rings. The molecule has 3 aromatic rings. The minimum Gasteiger partial charge on any atom is -0.302 e. The van der Waals surface area contributed by atoms with Gasteiger partial charge in [-0.1, -0.05) is 60.3 Å². The van der Waals surface area contributed by atoms with Gasteiger partial charge in [-0.3, -0.25) is 4.79 Å². The largest absolute Gasteiger partial charge is 0.302 e. The Hall–Kier alpha value is -1.87. The normalized spacial score (nSPS) is 14.4. The summed E-state index contributed by atoms with van der Waals surface area (Å²) in [5.74, 6) is 1.56. The zero-order valence-corrected chi connectivity index (χ0v) is 21.2. The molecule has 1 aliphatic carbocycles. The maximum atomic E-state index is 12.5. The van der Waals surface area contributed by atoms with E-state index in [1.807, 2.05) is 12.1 Å². The molecule has 1 N–H and O–H groups in total. The molecule has 4 rings (SSSR count). The van der Waals surface area contributed by atoms with Gasteiger partial charge in [-0.15, -0.1) is 28.1 Å². The van der Waals surface area contributed by atoms with Gasteiger partial charge in [0.15, 0.2) is 10.3 Å². The van der Waals surface area contributed by atoms with Gasteiger partial charge in [0, 0.05) is 40.0 Å². The Morgan fingerprint density at radius 1 is 1.27 bits per heavy atom. The molecule has 1 aromatic carbocycles. The molecule has 0 spiro atoms. The summed E-state index contributed by atoms with van der Waals surface area (Å²) in [6, 6.07) is 5.39. The monoisotopic (exact) mass is 521 g/mol. The van der Waals surface area contributed by atoms with E-state index in [1.165, 1.54) is 42.4 Å². The second-order valence-electron chi connectivity index (χ2n) is 7.96. The maximum Gasteiger partial charge on any atom is 0.236 e. The Kier molecular flexibility index (Phi) is 8.46. The number of carbonyl (C=O) groups is 1. The molecule has 0 saturated heterocycles. The van der Waals surface area contributed by atoms with Gasteiger partial charge in [-0.2, -0.15) is 0 Å². The lowest BCUT2D eigenvalue weighted by Gasteiger charge is -2.21. The van der Waals surface area contributed by atoms with Crippen LogP contribution >= 0.6 is 46.3 Å². The van der Waals surface area contributed by atoms with Crippen molar-refractivity contribution >= 4 is 57.3 Å². The Morgan fingerprint density at radius 3 is 2.88 bits per heavy atom. The van der Waals surface area contributed by atoms with E-state index in [-0.39, 0.29) is 11.7 Å². The fourth-order valence-corrected chi connectivity index (χ4v) is 5.95. The van der Waals surface area contributed by atoms with Crippen molar-refractivity contribution in [2.75, 3.05) is 11.1 Å². The molecule has 0 radical (unpaired) electrons. The molecule has 0 bridgehead atoms. The van der Waals surface area contributed by atoms with Crippen LogP contribution in [-0.2, 0) is 17.8 Å². The molecule has 0 unspecified atom stereocenters. The topological polar surface area (TPSA) is 72.7 Å². The highest BCUT2D eigenvalue weighted by atomic mass is 35.5. The summed E-state index contributed by atoms with van der Waals surface area (Å²) < 4.78 is 2.09. The predicted molar refractivity (Wildman–Crippen MR) is 137 cm³/mol. The van der Waals surface area contributed by atoms with Crippen molar-refractivity contribution in [3.05, 3.63) is 63.4 Å². The summed E-state index contributed by atoms with van der Waals surface area (Å²) in [7, 11) is 0. The minimum atomic E-state index is -0.131. The number of carbonyl (C=O) groups excluding carboxylic acids is 1. The van der Waals surface area contributed by atoms with Gasteiger partial charge in [0.05, 0.1) is 5.75 Å². The molecule has 2 heterocycles. The summed E-state index contributed by atoms with van der Waals surface area (Å²) in [5, 5.41) is 14.3. The van der Waals surface area contributed by atoms with Crippen LogP contribution in [0.3, 0.4) is 0 Å². The van der Waals surface area contributed by atoms with Crippen molar-refractivity contribution in [2.24, 2.45) is 0 Å². The van der Waals surface area contributed by atoms with E-state index in [9.17, 15) is 4.79 Å². The first-order valence-corrected chi connectivity index (χ1v) is 13.4. The Labute approximate surface area is 211 Å². The lowest BCUT2D eigenvalue weighted by atomic mass is 9.89. The van der Waals surface area contributed by atoms with Crippen LogP contribution in [-0.4, -0.2) is 31.4 Å². The second-order valence-corrected chi connectivity index (χ2v) is 10.9. The number of rotatable bonds is 9. The summed E-state index contributed by atoms with van der Waals surface area (Å²) in [5.41, 5.74) is 0.927. The number of thiazole rings is 1. The van der Waals surface area contributed by atoms with Crippen LogP contribution in [0.4, 0.5) is 5.13 Å². The number of allylic oxidation sites excluding steroid dienone is 1. The van der Waals surface area contributed by atoms with Gasteiger partial charge in [-0.25, -0.2) is 4.98 Å². The summed E-state index contributed by atoms with van der Waals surface area (Å²) >= 11 is 15.1. The minimum absolute atomic E-state index is 0.131. The van der Waals surface area contributed by atoms with Gasteiger partial charge in [0.1, 0.15) is 5.82 Å². The van der Waals surface area contributed by atoms with E-state index in [0.717, 1.165) is 34.3 Å². The molecule has 2 aromatic heterocycles. The molecule has 0 aliphatic heterocycles. The Balaban J connectivity index is 1.35. The maximum absolute atomic E-state index is 12.5. The average Bonchev–Trinajstić information content (AvgIpc) is 3.42. The highest BCUT2D eigenvalue weighted by molar-refractivity contribution is 7.99. The highest BCUT2D eigenvalue weighted by Gasteiger charge is 2.23. The lowest BCUT2D eigenvalue weighted by molar-refractivity contribution is -0.113. The lowest BCUT2D eigenvalue weighted by Crippen LogP contribution is -2.15. The molecular weight excluding hydrogens is 497 g/mol. The van der Waals surface area contributed by atoms with Crippen LogP contribution in [0.5, 0.6) is 0 Å². The second kappa shape index (κ2) is 11.5. The van der Waals surface area contributed by atoms with Gasteiger partial charge in [-0.05, 0) is 36.6 Å². The number of hydrogen-bond acceptors (Lipinski definition) is 6. The van der Waals surface area contributed by atoms with Crippen molar-refractivity contribution in [3.8, 4) is 0 Å². The molecule has 1 saturated carbocycles. The third kappa shape index (κ3) is 6.38. The number of hydrogen-bond donors (Lipinski definition) is 1. The number of anilines is 1. The first kappa shape index (κ1) is 24.3. The summed E-state index contributed by atoms with van der Waals surface area (Å²) in [6.07, 6.45) is 10.3. The van der Waals surface area contributed by atoms with Crippen molar-refractivity contribution in [1.29, 1.82) is 0 Å². The summed E-state index contributed by atoms with van der Waals surface area (Å²) in [6.45, 7) is 4.51. The van der Waals surface area contributed by atoms with Crippen LogP contribution in [0.2, 0.25) is 10.0 Å². The quantitative estimate of drug-likeness (QED) is 0.253. The number of aromatic nitrogens is 4. The molecule has 1 amide bonds. The highest BCUT2D eigenvalue weighted by Crippen LogP contribution is 2.33. The van der Waals surface area contributed by atoms with Gasteiger partial charge < -0.3 is 9.88 Å². The van der Waals surface area contributed by atoms with Crippen molar-refractivity contribution < 1.29 is 4.79 Å². The molecule has 33 heavy (non-hydrogen) atoms. The van der Waals surface area contributed by atoms with E-state index in [2.05, 4.69) is 31.6 Å². The molecule has 174 valence electrons. The predicted octanol–water partition coefficient (Wildman–Crippen LogP) is 6.60. The van der Waals surface area contributed by atoms with Crippen molar-refractivity contribution in [3.63, 3.8) is 0 Å². The Bertz CT molecular complexity index is 1120. The van der Waals surface area contributed by atoms with Crippen LogP contribution in [0, 0.1) is 0 Å². The van der Waals surface area contributed by atoms with Crippen molar-refractivity contribution in [2.45, 2.75) is 56.1 Å². The third-order valence-electron chi connectivity index (χ3n) is 5.53. The summed E-state index contributed by atoms with van der Waals surface area (Å²) in [4.78, 5) is 17.9. The van der Waals surface area contributed by atoms with Gasteiger partial charge in [0.25, 0.3) is 0 Å². The zero-order chi connectivity index (χ0) is 23.2. The molecule has 6 nitrogen and oxygen atoms in total. The third-order valence-corrected chi connectivity index (χ3v) is 8.02. The van der Waals surface area contributed by atoms with Crippen LogP contribution in [0.25, 0.3) is 0 Å². The zero-order valence-electron chi connectivity index (χ0n) is 18.1. The van der Waals surface area contributed by atoms with Crippen LogP contribution in [0.1, 0.15) is 54.3 Å². The number of benzene rings is 1. The number of thioether (sulfide) groups is 1. The van der Waals surface area contributed by atoms with Crippen LogP contribution in [0.15, 0.2) is 42.2 Å². The fourth-order valence-electron chi connectivity index (χ4n) is 3.97. The smallest absolute Gasteiger partial charge is 0.236 e. The SMILES string of the molecule is C=CCn1c(SCC(=O)Nc2ncc(Cc3cc(Cl)ccc3Cl)s2)nnc1C1CCCCC1. The van der Waals surface area contributed by atoms with Crippen LogP contribution < -0.4 is 5.32 Å².